The van der Waals surface area contributed by atoms with Crippen molar-refractivity contribution in [2.75, 3.05) is 25.5 Å². The number of aryl methyl sites for hydroxylation is 1. The monoisotopic (exact) mass is 333 g/mol. The van der Waals surface area contributed by atoms with Gasteiger partial charge in [0.15, 0.2) is 0 Å². The van der Waals surface area contributed by atoms with Crippen LogP contribution >= 0.6 is 0 Å². The van der Waals surface area contributed by atoms with Crippen molar-refractivity contribution in [2.45, 2.75) is 13.8 Å². The van der Waals surface area contributed by atoms with E-state index in [1.807, 2.05) is 32.2 Å². The number of carbonyl (C=O) groups is 1. The first-order valence-electron chi connectivity index (χ1n) is 8.46. The molecule has 0 unspecified atom stereocenters. The van der Waals surface area contributed by atoms with Crippen LogP contribution in [0.4, 0.5) is 5.69 Å². The van der Waals surface area contributed by atoms with Crippen LogP contribution in [0.3, 0.4) is 0 Å². The summed E-state index contributed by atoms with van der Waals surface area (Å²) in [6.07, 6.45) is 3.94. The zero-order valence-electron chi connectivity index (χ0n) is 14.9. The normalized spacial score (nSPS) is 12.8. The first kappa shape index (κ1) is 17.0. The largest absolute Gasteiger partial charge is 0.388 e. The Balaban J connectivity index is 1.91. The smallest absolute Gasteiger partial charge is 0.251 e. The molecule has 4 heteroatoms. The second-order valence-electron chi connectivity index (χ2n) is 6.23. The number of hydrogen-bond donors (Lipinski definition) is 2. The van der Waals surface area contributed by atoms with E-state index >= 15 is 0 Å². The maximum absolute atomic E-state index is 12.7. The number of amides is 1. The highest BCUT2D eigenvalue weighted by atomic mass is 16.1. The van der Waals surface area contributed by atoms with Crippen LogP contribution in [0, 0.1) is 13.8 Å². The van der Waals surface area contributed by atoms with E-state index in [1.165, 1.54) is 5.56 Å². The molecule has 1 heterocycles. The molecule has 2 N–H and O–H groups in total. The summed E-state index contributed by atoms with van der Waals surface area (Å²) in [6, 6.07) is 12.4. The van der Waals surface area contributed by atoms with Crippen molar-refractivity contribution in [1.82, 2.24) is 5.32 Å². The van der Waals surface area contributed by atoms with Gasteiger partial charge in [-0.25, -0.2) is 0 Å². The van der Waals surface area contributed by atoms with E-state index in [0.29, 0.717) is 18.7 Å². The summed E-state index contributed by atoms with van der Waals surface area (Å²) in [5.74, 6) is -0.0778. The van der Waals surface area contributed by atoms with Crippen LogP contribution in [0.2, 0.25) is 0 Å². The van der Waals surface area contributed by atoms with E-state index in [0.717, 1.165) is 28.1 Å². The summed E-state index contributed by atoms with van der Waals surface area (Å²) in [4.78, 5) is 17.0. The lowest BCUT2D eigenvalue weighted by molar-refractivity contribution is 0.0959. The second-order valence-corrected chi connectivity index (χ2v) is 6.23. The zero-order valence-corrected chi connectivity index (χ0v) is 14.9. The van der Waals surface area contributed by atoms with Crippen LogP contribution in [-0.4, -0.2) is 31.8 Å². The fraction of sp³-hybridized carbons (Fsp3) is 0.238. The number of aliphatic imine (C=N–C) groups is 1. The van der Waals surface area contributed by atoms with Crippen molar-refractivity contribution in [3.05, 3.63) is 65.2 Å². The minimum atomic E-state index is -0.0778. The molecule has 4 nitrogen and oxygen atoms in total. The predicted octanol–water partition coefficient (Wildman–Crippen LogP) is 3.75. The highest BCUT2D eigenvalue weighted by Crippen LogP contribution is 2.28. The van der Waals surface area contributed by atoms with E-state index in [4.69, 9.17) is 0 Å². The lowest BCUT2D eigenvalue weighted by atomic mass is 9.97. The Hall–Kier alpha value is -2.88. The van der Waals surface area contributed by atoms with Crippen molar-refractivity contribution in [2.24, 2.45) is 4.99 Å². The lowest BCUT2D eigenvalue weighted by Crippen LogP contribution is -2.29. The van der Waals surface area contributed by atoms with E-state index in [9.17, 15) is 4.79 Å². The van der Waals surface area contributed by atoms with Crippen LogP contribution in [0.25, 0.3) is 11.1 Å². The van der Waals surface area contributed by atoms with E-state index in [2.05, 4.69) is 52.9 Å². The van der Waals surface area contributed by atoms with Gasteiger partial charge < -0.3 is 10.6 Å². The molecule has 3 rings (SSSR count). The number of carbonyl (C=O) groups excluding carboxylic acids is 1. The molecule has 0 fully saturated rings. The highest BCUT2D eigenvalue weighted by Gasteiger charge is 2.15. The van der Waals surface area contributed by atoms with Crippen molar-refractivity contribution in [1.29, 1.82) is 0 Å². The molecule has 0 radical (unpaired) electrons. The van der Waals surface area contributed by atoms with E-state index < -0.39 is 0 Å². The summed E-state index contributed by atoms with van der Waals surface area (Å²) in [5, 5.41) is 6.17. The Kier molecular flexibility index (Phi) is 4.98. The molecule has 0 aliphatic carbocycles. The number of nitrogens with zero attached hydrogens (tertiary/aromatic N) is 1. The summed E-state index contributed by atoms with van der Waals surface area (Å²) < 4.78 is 0. The molecule has 25 heavy (non-hydrogen) atoms. The van der Waals surface area contributed by atoms with Crippen LogP contribution in [0.5, 0.6) is 0 Å². The molecule has 0 spiro atoms. The summed E-state index contributed by atoms with van der Waals surface area (Å²) in [5.41, 5.74) is 6.84. The quantitative estimate of drug-likeness (QED) is 0.875. The number of nitrogens with one attached hydrogen (secondary N) is 2. The van der Waals surface area contributed by atoms with Crippen molar-refractivity contribution in [3.63, 3.8) is 0 Å². The van der Waals surface area contributed by atoms with Gasteiger partial charge in [-0.05, 0) is 48.7 Å². The fourth-order valence-corrected chi connectivity index (χ4v) is 2.91. The average molecular weight is 333 g/mol. The first-order chi connectivity index (χ1) is 12.1. The summed E-state index contributed by atoms with van der Waals surface area (Å²) in [6.45, 7) is 5.19. The highest BCUT2D eigenvalue weighted by molar-refractivity contribution is 6.04. The fourth-order valence-electron chi connectivity index (χ4n) is 2.91. The number of rotatable bonds is 5. The molecule has 128 valence electrons. The van der Waals surface area contributed by atoms with Gasteiger partial charge in [-0.2, -0.15) is 0 Å². The summed E-state index contributed by atoms with van der Waals surface area (Å²) in [7, 11) is 1.88. The lowest BCUT2D eigenvalue weighted by Gasteiger charge is -2.15. The minimum Gasteiger partial charge on any atom is -0.388 e. The van der Waals surface area contributed by atoms with Crippen LogP contribution in [0.15, 0.2) is 53.5 Å². The Bertz CT molecular complexity index is 848. The third kappa shape index (κ3) is 3.79. The molecule has 1 aliphatic rings. The van der Waals surface area contributed by atoms with Gasteiger partial charge in [0.2, 0.25) is 0 Å². The zero-order chi connectivity index (χ0) is 17.8. The molecule has 0 atom stereocenters. The first-order valence-corrected chi connectivity index (χ1v) is 8.46. The average Bonchev–Trinajstić information content (AvgIpc) is 3.14. The molecular weight excluding hydrogens is 310 g/mol. The standard InChI is InChI=1S/C21H23N3O/c1-14-6-8-16(9-7-14)17-11-19(15(2)20(12-17)22-3)21(25)24-13-18-5-4-10-23-18/h4-9,11-12,22H,10,13H2,1-3H3,(H,24,25). The third-order valence-electron chi connectivity index (χ3n) is 4.45. The van der Waals surface area contributed by atoms with Gasteiger partial charge >= 0.3 is 0 Å². The molecule has 0 aromatic heterocycles. The SMILES string of the molecule is CNc1cc(-c2ccc(C)cc2)cc(C(=O)NCC2=NCC=C2)c1C. The van der Waals surface area contributed by atoms with Gasteiger partial charge in [0.05, 0.1) is 18.8 Å². The molecule has 1 aliphatic heterocycles. The van der Waals surface area contributed by atoms with Gasteiger partial charge in [-0.3, -0.25) is 9.79 Å². The molecule has 0 saturated heterocycles. The second kappa shape index (κ2) is 7.34. The molecule has 1 amide bonds. The number of anilines is 1. The van der Waals surface area contributed by atoms with Crippen molar-refractivity contribution in [3.8, 4) is 11.1 Å². The molecule has 0 bridgehead atoms. The van der Waals surface area contributed by atoms with E-state index in [-0.39, 0.29) is 5.91 Å². The third-order valence-corrected chi connectivity index (χ3v) is 4.45. The van der Waals surface area contributed by atoms with Crippen LogP contribution in [-0.2, 0) is 0 Å². The Labute approximate surface area is 148 Å². The minimum absolute atomic E-state index is 0.0778. The molecule has 2 aromatic rings. The van der Waals surface area contributed by atoms with Gasteiger partial charge in [0.1, 0.15) is 0 Å². The topological polar surface area (TPSA) is 53.5 Å². The van der Waals surface area contributed by atoms with Gasteiger partial charge in [0.25, 0.3) is 5.91 Å². The number of benzene rings is 2. The number of hydrogen-bond acceptors (Lipinski definition) is 3. The summed E-state index contributed by atoms with van der Waals surface area (Å²) >= 11 is 0. The maximum atomic E-state index is 12.7. The van der Waals surface area contributed by atoms with Crippen LogP contribution < -0.4 is 10.6 Å². The molecular formula is C21H23N3O. The van der Waals surface area contributed by atoms with Gasteiger partial charge in [-0.1, -0.05) is 35.9 Å². The van der Waals surface area contributed by atoms with Gasteiger partial charge in [0, 0.05) is 18.3 Å². The van der Waals surface area contributed by atoms with Crippen LogP contribution in [0.1, 0.15) is 21.5 Å². The molecule has 2 aromatic carbocycles. The Morgan fingerprint density at radius 3 is 2.52 bits per heavy atom. The predicted molar refractivity (Wildman–Crippen MR) is 105 cm³/mol. The van der Waals surface area contributed by atoms with Crippen molar-refractivity contribution >= 4 is 17.3 Å². The van der Waals surface area contributed by atoms with Crippen molar-refractivity contribution < 1.29 is 4.79 Å². The van der Waals surface area contributed by atoms with E-state index in [1.54, 1.807) is 0 Å². The maximum Gasteiger partial charge on any atom is 0.251 e. The van der Waals surface area contributed by atoms with Gasteiger partial charge in [-0.15, -0.1) is 0 Å². The Morgan fingerprint density at radius 2 is 1.88 bits per heavy atom. The molecule has 0 saturated carbocycles. The Morgan fingerprint density at radius 1 is 1.12 bits per heavy atom.